The van der Waals surface area contributed by atoms with Gasteiger partial charge >= 0.3 is 5.97 Å². The fourth-order valence-electron chi connectivity index (χ4n) is 3.90. The van der Waals surface area contributed by atoms with Crippen molar-refractivity contribution in [1.82, 2.24) is 15.5 Å². The molecule has 0 spiro atoms. The Morgan fingerprint density at radius 2 is 1.64 bits per heavy atom. The number of carboxylic acid groups (broad SMARTS) is 1. The summed E-state index contributed by atoms with van der Waals surface area (Å²) < 4.78 is 0. The van der Waals surface area contributed by atoms with E-state index in [0.29, 0.717) is 5.75 Å². The van der Waals surface area contributed by atoms with Gasteiger partial charge in [0.1, 0.15) is 6.04 Å². The average molecular weight is 514 g/mol. The third-order valence-electron chi connectivity index (χ3n) is 5.62. The number of benzene rings is 2. The zero-order valence-corrected chi connectivity index (χ0v) is 21.2. The highest BCUT2D eigenvalue weighted by Crippen LogP contribution is 2.24. The van der Waals surface area contributed by atoms with Crippen molar-refractivity contribution in [3.63, 3.8) is 0 Å². The highest BCUT2D eigenvalue weighted by atomic mass is 32.2. The summed E-state index contributed by atoms with van der Waals surface area (Å²) in [6.07, 6.45) is -1.54. The van der Waals surface area contributed by atoms with E-state index >= 15 is 0 Å². The third-order valence-corrected chi connectivity index (χ3v) is 6.63. The molecule has 0 aliphatic carbocycles. The van der Waals surface area contributed by atoms with Crippen LogP contribution >= 0.6 is 11.8 Å². The molecule has 1 fully saturated rings. The van der Waals surface area contributed by atoms with Crippen molar-refractivity contribution in [2.45, 2.75) is 50.9 Å². The smallest absolute Gasteiger partial charge is 0.336 e. The Kier molecular flexibility index (Phi) is 8.75. The van der Waals surface area contributed by atoms with Crippen LogP contribution in [-0.2, 0) is 16.0 Å². The molecule has 3 amide bonds. The summed E-state index contributed by atoms with van der Waals surface area (Å²) in [6.45, 7) is 5.52. The van der Waals surface area contributed by atoms with Gasteiger partial charge in [-0.1, -0.05) is 42.5 Å². The van der Waals surface area contributed by atoms with Gasteiger partial charge < -0.3 is 25.7 Å². The Hall–Kier alpha value is -3.37. The van der Waals surface area contributed by atoms with Crippen LogP contribution in [0, 0.1) is 0 Å². The molecule has 0 unspecified atom stereocenters. The lowest BCUT2D eigenvalue weighted by molar-refractivity contribution is -0.146. The minimum Gasteiger partial charge on any atom is -0.478 e. The van der Waals surface area contributed by atoms with Gasteiger partial charge in [-0.2, -0.15) is 0 Å². The SMILES string of the molecule is CC(C)(C)NC(=O)[C@@H]1CSCN1C(=O)[C@@H](O)[C@H](Cc1ccccc1)NC(=O)c1ccccc1C(=O)O. The van der Waals surface area contributed by atoms with Gasteiger partial charge in [0.15, 0.2) is 6.10 Å². The number of carbonyl (C=O) groups is 4. The summed E-state index contributed by atoms with van der Waals surface area (Å²) in [5, 5.41) is 26.1. The Morgan fingerprint density at radius 1 is 1.03 bits per heavy atom. The van der Waals surface area contributed by atoms with Crippen LogP contribution in [0.15, 0.2) is 54.6 Å². The molecular formula is C26H31N3O6S. The Morgan fingerprint density at radius 3 is 2.25 bits per heavy atom. The number of rotatable bonds is 8. The molecule has 3 rings (SSSR count). The summed E-state index contributed by atoms with van der Waals surface area (Å²) in [4.78, 5) is 52.2. The topological polar surface area (TPSA) is 136 Å². The maximum absolute atomic E-state index is 13.4. The standard InChI is InChI=1S/C26H31N3O6S/c1-26(2,3)28-23(32)20-14-36-15-29(20)24(33)21(30)19(13-16-9-5-4-6-10-16)27-22(31)17-11-7-8-12-18(17)25(34)35/h4-12,19-21,30H,13-15H2,1-3H3,(H,27,31)(H,28,32)(H,34,35)/t19-,20-,21-/m0/s1. The largest absolute Gasteiger partial charge is 0.478 e. The number of hydrogen-bond donors (Lipinski definition) is 4. The predicted octanol–water partition coefficient (Wildman–Crippen LogP) is 1.90. The van der Waals surface area contributed by atoms with Crippen LogP contribution in [0.2, 0.25) is 0 Å². The lowest BCUT2D eigenvalue weighted by Crippen LogP contribution is -2.57. The average Bonchev–Trinajstić information content (AvgIpc) is 3.32. The zero-order valence-electron chi connectivity index (χ0n) is 20.4. The quantitative estimate of drug-likeness (QED) is 0.423. The van der Waals surface area contributed by atoms with E-state index in [1.807, 2.05) is 26.8 Å². The van der Waals surface area contributed by atoms with Crippen LogP contribution in [0.5, 0.6) is 0 Å². The van der Waals surface area contributed by atoms with Crippen LogP contribution < -0.4 is 10.6 Å². The van der Waals surface area contributed by atoms with Crippen LogP contribution in [0.25, 0.3) is 0 Å². The molecule has 1 aliphatic heterocycles. The van der Waals surface area contributed by atoms with Crippen LogP contribution in [0.1, 0.15) is 47.1 Å². The lowest BCUT2D eigenvalue weighted by atomic mass is 9.98. The van der Waals surface area contributed by atoms with Crippen molar-refractivity contribution in [3.8, 4) is 0 Å². The van der Waals surface area contributed by atoms with E-state index in [1.165, 1.54) is 40.9 Å². The summed E-state index contributed by atoms with van der Waals surface area (Å²) in [5.74, 6) is -2.36. The number of carbonyl (C=O) groups excluding carboxylic acids is 3. The number of nitrogens with one attached hydrogen (secondary N) is 2. The summed E-state index contributed by atoms with van der Waals surface area (Å²) >= 11 is 1.40. The highest BCUT2D eigenvalue weighted by molar-refractivity contribution is 7.99. The van der Waals surface area contributed by atoms with Gasteiger partial charge in [0, 0.05) is 11.3 Å². The van der Waals surface area contributed by atoms with E-state index in [9.17, 15) is 29.4 Å². The Balaban J connectivity index is 1.85. The van der Waals surface area contributed by atoms with E-state index in [0.717, 1.165) is 5.56 Å². The van der Waals surface area contributed by atoms with E-state index in [2.05, 4.69) is 10.6 Å². The van der Waals surface area contributed by atoms with E-state index in [4.69, 9.17) is 0 Å². The first-order chi connectivity index (χ1) is 17.0. The predicted molar refractivity (Wildman–Crippen MR) is 137 cm³/mol. The minimum absolute atomic E-state index is 0.0816. The number of carboxylic acids is 1. The van der Waals surface area contributed by atoms with Gasteiger partial charge in [-0.25, -0.2) is 4.79 Å². The molecule has 9 nitrogen and oxygen atoms in total. The molecule has 0 radical (unpaired) electrons. The van der Waals surface area contributed by atoms with E-state index < -0.39 is 41.5 Å². The Labute approximate surface area is 214 Å². The number of thioether (sulfide) groups is 1. The molecular weight excluding hydrogens is 482 g/mol. The molecule has 36 heavy (non-hydrogen) atoms. The van der Waals surface area contributed by atoms with Gasteiger partial charge in [0.05, 0.1) is 23.0 Å². The number of nitrogens with zero attached hydrogens (tertiary/aromatic N) is 1. The molecule has 0 bridgehead atoms. The highest BCUT2D eigenvalue weighted by Gasteiger charge is 2.40. The van der Waals surface area contributed by atoms with Gasteiger partial charge in [-0.3, -0.25) is 14.4 Å². The van der Waals surface area contributed by atoms with E-state index in [-0.39, 0.29) is 29.3 Å². The minimum atomic E-state index is -1.66. The molecule has 0 aromatic heterocycles. The summed E-state index contributed by atoms with van der Waals surface area (Å²) in [6, 6.07) is 12.9. The molecule has 1 saturated heterocycles. The number of hydrogen-bond acceptors (Lipinski definition) is 6. The van der Waals surface area contributed by atoms with Gasteiger partial charge in [0.25, 0.3) is 11.8 Å². The first-order valence-electron chi connectivity index (χ1n) is 11.5. The monoisotopic (exact) mass is 513 g/mol. The molecule has 2 aromatic carbocycles. The molecule has 1 heterocycles. The van der Waals surface area contributed by atoms with Crippen molar-refractivity contribution in [1.29, 1.82) is 0 Å². The van der Waals surface area contributed by atoms with Gasteiger partial charge in [-0.05, 0) is 44.9 Å². The summed E-state index contributed by atoms with van der Waals surface area (Å²) in [7, 11) is 0. The molecule has 4 N–H and O–H groups in total. The number of aliphatic hydroxyl groups excluding tert-OH is 1. The van der Waals surface area contributed by atoms with Gasteiger partial charge in [-0.15, -0.1) is 11.8 Å². The lowest BCUT2D eigenvalue weighted by Gasteiger charge is -2.31. The van der Waals surface area contributed by atoms with E-state index in [1.54, 1.807) is 24.3 Å². The van der Waals surface area contributed by atoms with Crippen LogP contribution in [0.4, 0.5) is 0 Å². The van der Waals surface area contributed by atoms with Crippen molar-refractivity contribution >= 4 is 35.5 Å². The first kappa shape index (κ1) is 27.2. The maximum Gasteiger partial charge on any atom is 0.336 e. The normalized spacial score (nSPS) is 17.2. The number of aromatic carboxylic acids is 1. The van der Waals surface area contributed by atoms with Crippen molar-refractivity contribution < 1.29 is 29.4 Å². The molecule has 2 aromatic rings. The van der Waals surface area contributed by atoms with Gasteiger partial charge in [0.2, 0.25) is 5.91 Å². The second-order valence-corrected chi connectivity index (χ2v) is 10.6. The van der Waals surface area contributed by atoms with Crippen molar-refractivity contribution in [2.75, 3.05) is 11.6 Å². The molecule has 10 heteroatoms. The number of aliphatic hydroxyl groups is 1. The fourth-order valence-corrected chi connectivity index (χ4v) is 5.06. The second-order valence-electron chi connectivity index (χ2n) is 9.63. The summed E-state index contributed by atoms with van der Waals surface area (Å²) in [5.41, 5.74) is 0.00366. The zero-order chi connectivity index (χ0) is 26.5. The molecule has 1 aliphatic rings. The first-order valence-corrected chi connectivity index (χ1v) is 12.7. The second kappa shape index (κ2) is 11.6. The third kappa shape index (κ3) is 6.86. The molecule has 192 valence electrons. The maximum atomic E-state index is 13.4. The van der Waals surface area contributed by atoms with Crippen molar-refractivity contribution in [2.24, 2.45) is 0 Å². The molecule has 3 atom stereocenters. The Bertz CT molecular complexity index is 1120. The molecule has 0 saturated carbocycles. The van der Waals surface area contributed by atoms with Crippen LogP contribution in [-0.4, -0.2) is 74.2 Å². The van der Waals surface area contributed by atoms with Crippen LogP contribution in [0.3, 0.4) is 0 Å². The number of amides is 3. The van der Waals surface area contributed by atoms with Crippen molar-refractivity contribution in [3.05, 3.63) is 71.3 Å². The fraction of sp³-hybridized carbons (Fsp3) is 0.385.